The van der Waals surface area contributed by atoms with Crippen molar-refractivity contribution in [2.24, 2.45) is 0 Å². The van der Waals surface area contributed by atoms with E-state index in [0.717, 1.165) is 31.0 Å². The Hall–Kier alpha value is -1.09. The molecule has 1 aliphatic rings. The lowest BCUT2D eigenvalue weighted by Crippen LogP contribution is -2.51. The Morgan fingerprint density at radius 2 is 2.21 bits per heavy atom. The minimum Gasteiger partial charge on any atom is -0.389 e. The molecule has 0 bridgehead atoms. The zero-order valence-corrected chi connectivity index (χ0v) is 8.70. The number of aliphatic hydroxyl groups is 1. The molecule has 76 valence electrons. The minimum atomic E-state index is -0.164. The van der Waals surface area contributed by atoms with E-state index in [2.05, 4.69) is 29.8 Å². The normalized spacial score (nSPS) is 16.9. The highest BCUT2D eigenvalue weighted by atomic mass is 16.3. The van der Waals surface area contributed by atoms with E-state index in [0.29, 0.717) is 0 Å². The summed E-state index contributed by atoms with van der Waals surface area (Å²) in [6.07, 6.45) is 0.805. The second-order valence-electron chi connectivity index (χ2n) is 3.85. The van der Waals surface area contributed by atoms with Gasteiger partial charge in [0.2, 0.25) is 0 Å². The topological polar surface area (TPSA) is 36.4 Å². The summed E-state index contributed by atoms with van der Waals surface area (Å²) in [5, 5.41) is 9.19. The fourth-order valence-corrected chi connectivity index (χ4v) is 1.74. The van der Waals surface area contributed by atoms with Crippen LogP contribution in [0.15, 0.2) is 12.1 Å². The van der Waals surface area contributed by atoms with Crippen molar-refractivity contribution < 1.29 is 5.11 Å². The number of pyridine rings is 1. The van der Waals surface area contributed by atoms with Crippen LogP contribution in [0.4, 0.5) is 5.82 Å². The SMILES string of the molecule is CCc1nc(N2CC(O)C2)ccc1C. The van der Waals surface area contributed by atoms with Crippen LogP contribution in [0.3, 0.4) is 0 Å². The van der Waals surface area contributed by atoms with Gasteiger partial charge in [-0.25, -0.2) is 4.98 Å². The smallest absolute Gasteiger partial charge is 0.128 e. The lowest BCUT2D eigenvalue weighted by Gasteiger charge is -2.37. The number of aromatic nitrogens is 1. The molecule has 1 aromatic rings. The van der Waals surface area contributed by atoms with Crippen molar-refractivity contribution in [3.63, 3.8) is 0 Å². The van der Waals surface area contributed by atoms with E-state index >= 15 is 0 Å². The first-order chi connectivity index (χ1) is 6.70. The first-order valence-corrected chi connectivity index (χ1v) is 5.10. The Labute approximate surface area is 84.4 Å². The van der Waals surface area contributed by atoms with E-state index in [9.17, 15) is 5.11 Å². The van der Waals surface area contributed by atoms with Gasteiger partial charge in [0, 0.05) is 18.8 Å². The molecule has 0 aliphatic carbocycles. The molecule has 0 atom stereocenters. The van der Waals surface area contributed by atoms with Crippen molar-refractivity contribution in [3.05, 3.63) is 23.4 Å². The van der Waals surface area contributed by atoms with Crippen molar-refractivity contribution in [2.75, 3.05) is 18.0 Å². The summed E-state index contributed by atoms with van der Waals surface area (Å²) in [6.45, 7) is 5.64. The molecule has 14 heavy (non-hydrogen) atoms. The summed E-state index contributed by atoms with van der Waals surface area (Å²) in [6, 6.07) is 4.13. The van der Waals surface area contributed by atoms with Gasteiger partial charge < -0.3 is 10.0 Å². The third kappa shape index (κ3) is 1.60. The maximum absolute atomic E-state index is 9.19. The Bertz CT molecular complexity index is 332. The molecule has 0 spiro atoms. The molecule has 1 aromatic heterocycles. The summed E-state index contributed by atoms with van der Waals surface area (Å²) in [5.74, 6) is 0.998. The van der Waals surface area contributed by atoms with Gasteiger partial charge in [0.1, 0.15) is 5.82 Å². The Morgan fingerprint density at radius 1 is 1.50 bits per heavy atom. The molecule has 1 saturated heterocycles. The number of hydrogen-bond donors (Lipinski definition) is 1. The first-order valence-electron chi connectivity index (χ1n) is 5.10. The molecule has 3 nitrogen and oxygen atoms in total. The second kappa shape index (κ2) is 3.58. The summed E-state index contributed by atoms with van der Waals surface area (Å²) in [5.41, 5.74) is 2.40. The van der Waals surface area contributed by atoms with Gasteiger partial charge in [0.05, 0.1) is 6.10 Å². The van der Waals surface area contributed by atoms with Crippen LogP contribution in [0, 0.1) is 6.92 Å². The predicted molar refractivity (Wildman–Crippen MR) is 56.6 cm³/mol. The van der Waals surface area contributed by atoms with Crippen molar-refractivity contribution in [1.29, 1.82) is 0 Å². The molecule has 0 radical (unpaired) electrons. The van der Waals surface area contributed by atoms with Gasteiger partial charge in [-0.15, -0.1) is 0 Å². The van der Waals surface area contributed by atoms with E-state index in [1.807, 2.05) is 6.07 Å². The van der Waals surface area contributed by atoms with Crippen molar-refractivity contribution >= 4 is 5.82 Å². The van der Waals surface area contributed by atoms with Crippen LogP contribution in [0.2, 0.25) is 0 Å². The highest BCUT2D eigenvalue weighted by Gasteiger charge is 2.25. The number of anilines is 1. The van der Waals surface area contributed by atoms with Crippen LogP contribution < -0.4 is 4.90 Å². The van der Waals surface area contributed by atoms with E-state index in [-0.39, 0.29) is 6.10 Å². The van der Waals surface area contributed by atoms with E-state index < -0.39 is 0 Å². The fraction of sp³-hybridized carbons (Fsp3) is 0.545. The van der Waals surface area contributed by atoms with Crippen LogP contribution >= 0.6 is 0 Å². The maximum atomic E-state index is 9.19. The largest absolute Gasteiger partial charge is 0.389 e. The average Bonchev–Trinajstić information content (AvgIpc) is 2.14. The third-order valence-electron chi connectivity index (χ3n) is 2.71. The summed E-state index contributed by atoms with van der Waals surface area (Å²) >= 11 is 0. The van der Waals surface area contributed by atoms with Gasteiger partial charge in [-0.05, 0) is 25.0 Å². The molecule has 1 aliphatic heterocycles. The molecule has 2 heterocycles. The highest BCUT2D eigenvalue weighted by molar-refractivity contribution is 5.44. The maximum Gasteiger partial charge on any atom is 0.128 e. The summed E-state index contributed by atoms with van der Waals surface area (Å²) < 4.78 is 0. The number of β-amino-alcohol motifs (C(OH)–C–C–N with tert-alkyl or cyclic N) is 1. The van der Waals surface area contributed by atoms with Crippen molar-refractivity contribution in [1.82, 2.24) is 4.98 Å². The molecule has 0 saturated carbocycles. The molecule has 0 amide bonds. The van der Waals surface area contributed by atoms with Crippen LogP contribution in [-0.4, -0.2) is 29.3 Å². The van der Waals surface area contributed by atoms with Crippen LogP contribution in [-0.2, 0) is 6.42 Å². The Balaban J connectivity index is 2.19. The molecule has 1 fully saturated rings. The van der Waals surface area contributed by atoms with Crippen LogP contribution in [0.25, 0.3) is 0 Å². The third-order valence-corrected chi connectivity index (χ3v) is 2.71. The van der Waals surface area contributed by atoms with Gasteiger partial charge in [-0.1, -0.05) is 13.0 Å². The standard InChI is InChI=1S/C11H16N2O/c1-3-10-8(2)4-5-11(12-10)13-6-9(14)7-13/h4-5,9,14H,3,6-7H2,1-2H3. The van der Waals surface area contributed by atoms with E-state index in [4.69, 9.17) is 0 Å². The monoisotopic (exact) mass is 192 g/mol. The van der Waals surface area contributed by atoms with Crippen LogP contribution in [0.5, 0.6) is 0 Å². The molecule has 0 aromatic carbocycles. The molecule has 0 unspecified atom stereocenters. The molecule has 3 heteroatoms. The quantitative estimate of drug-likeness (QED) is 0.763. The average molecular weight is 192 g/mol. The number of aliphatic hydroxyl groups excluding tert-OH is 1. The summed E-state index contributed by atoms with van der Waals surface area (Å²) in [4.78, 5) is 6.66. The predicted octanol–water partition coefficient (Wildman–Crippen LogP) is 1.13. The Kier molecular flexibility index (Phi) is 2.42. The molecular weight excluding hydrogens is 176 g/mol. The van der Waals surface area contributed by atoms with Gasteiger partial charge in [0.25, 0.3) is 0 Å². The molecule has 2 rings (SSSR count). The van der Waals surface area contributed by atoms with Gasteiger partial charge in [-0.3, -0.25) is 0 Å². The van der Waals surface area contributed by atoms with Gasteiger partial charge in [-0.2, -0.15) is 0 Å². The summed E-state index contributed by atoms with van der Waals surface area (Å²) in [7, 11) is 0. The van der Waals surface area contributed by atoms with Crippen LogP contribution in [0.1, 0.15) is 18.2 Å². The van der Waals surface area contributed by atoms with Gasteiger partial charge in [0.15, 0.2) is 0 Å². The fourth-order valence-electron chi connectivity index (χ4n) is 1.74. The number of nitrogens with zero attached hydrogens (tertiary/aromatic N) is 2. The lowest BCUT2D eigenvalue weighted by molar-refractivity contribution is 0.141. The lowest BCUT2D eigenvalue weighted by atomic mass is 10.1. The number of aryl methyl sites for hydroxylation is 2. The first kappa shape index (κ1) is 9.46. The Morgan fingerprint density at radius 3 is 2.79 bits per heavy atom. The van der Waals surface area contributed by atoms with E-state index in [1.54, 1.807) is 0 Å². The zero-order chi connectivity index (χ0) is 10.1. The molecule has 1 N–H and O–H groups in total. The van der Waals surface area contributed by atoms with Crippen molar-refractivity contribution in [2.45, 2.75) is 26.4 Å². The van der Waals surface area contributed by atoms with Gasteiger partial charge >= 0.3 is 0 Å². The van der Waals surface area contributed by atoms with E-state index in [1.165, 1.54) is 5.56 Å². The minimum absolute atomic E-state index is 0.164. The number of rotatable bonds is 2. The number of hydrogen-bond acceptors (Lipinski definition) is 3. The highest BCUT2D eigenvalue weighted by Crippen LogP contribution is 2.20. The molecular formula is C11H16N2O. The van der Waals surface area contributed by atoms with Crippen molar-refractivity contribution in [3.8, 4) is 0 Å². The second-order valence-corrected chi connectivity index (χ2v) is 3.85. The zero-order valence-electron chi connectivity index (χ0n) is 8.70.